The van der Waals surface area contributed by atoms with Crippen molar-refractivity contribution in [1.29, 1.82) is 0 Å². The second-order valence-corrected chi connectivity index (χ2v) is 1.46. The molecule has 3 nitrogen and oxygen atoms in total. The first kappa shape index (κ1) is 7.34. The average Bonchev–Trinajstić information content (AvgIpc) is 2.17. The lowest BCUT2D eigenvalue weighted by Gasteiger charge is -1.76. The van der Waals surface area contributed by atoms with Gasteiger partial charge < -0.3 is 10.3 Å². The minimum Gasteiger partial charge on any atom is -0.381 e. The van der Waals surface area contributed by atoms with Crippen LogP contribution in [0.25, 0.3) is 5.53 Å². The van der Waals surface area contributed by atoms with Crippen molar-refractivity contribution in [2.24, 2.45) is 0 Å². The molecular weight excluding hydrogens is 104 g/mol. The highest BCUT2D eigenvalue weighted by atomic mass is 16.5. The summed E-state index contributed by atoms with van der Waals surface area (Å²) in [7, 11) is 0. The summed E-state index contributed by atoms with van der Waals surface area (Å²) < 4.78 is 4.94. The molecule has 0 spiro atoms. The maximum absolute atomic E-state index is 7.08. The Hall–Kier alpha value is -0.660. The highest BCUT2D eigenvalue weighted by Gasteiger charge is 1.94. The van der Waals surface area contributed by atoms with Crippen LogP contribution >= 0.6 is 0 Å². The van der Waals surface area contributed by atoms with Crippen LogP contribution in [0.15, 0.2) is 0 Å². The number of ether oxygens (including phenoxy) is 1. The van der Waals surface area contributed by atoms with Crippen LogP contribution in [0.5, 0.6) is 0 Å². The van der Waals surface area contributed by atoms with E-state index in [9.17, 15) is 0 Å². The van der Waals surface area contributed by atoms with Crippen molar-refractivity contribution in [2.75, 3.05) is 13.2 Å². The summed E-state index contributed by atoms with van der Waals surface area (Å²) >= 11 is 0. The summed E-state index contributed by atoms with van der Waals surface area (Å²) in [5.41, 5.74) is 7.08. The Morgan fingerprint density at radius 3 is 1.88 bits per heavy atom. The SMILES string of the molecule is C1CCOC1.C=[N+]=[N-]. The van der Waals surface area contributed by atoms with Gasteiger partial charge in [-0.05, 0) is 12.8 Å². The Morgan fingerprint density at radius 2 is 1.75 bits per heavy atom. The number of hydrogen-bond acceptors (Lipinski definition) is 1. The minimum absolute atomic E-state index is 1.00. The Morgan fingerprint density at radius 1 is 1.38 bits per heavy atom. The molecule has 0 atom stereocenters. The number of rotatable bonds is 0. The van der Waals surface area contributed by atoms with Crippen LogP contribution in [-0.4, -0.2) is 24.7 Å². The van der Waals surface area contributed by atoms with Gasteiger partial charge in [-0.15, -0.1) is 0 Å². The summed E-state index contributed by atoms with van der Waals surface area (Å²) in [4.78, 5) is 2.25. The van der Waals surface area contributed by atoms with Crippen molar-refractivity contribution in [2.45, 2.75) is 12.8 Å². The molecule has 1 aliphatic rings. The van der Waals surface area contributed by atoms with Crippen LogP contribution < -0.4 is 0 Å². The predicted molar refractivity (Wildman–Crippen MR) is 30.8 cm³/mol. The molecule has 0 N–H and O–H groups in total. The summed E-state index contributed by atoms with van der Waals surface area (Å²) in [5, 5.41) is 0. The number of nitrogens with zero attached hydrogens (tertiary/aromatic N) is 2. The van der Waals surface area contributed by atoms with Crippen LogP contribution in [0.2, 0.25) is 0 Å². The van der Waals surface area contributed by atoms with Gasteiger partial charge in [-0.3, -0.25) is 0 Å². The molecule has 0 radical (unpaired) electrons. The fourth-order valence-electron chi connectivity index (χ4n) is 0.510. The third-order valence-electron chi connectivity index (χ3n) is 0.827. The highest BCUT2D eigenvalue weighted by Crippen LogP contribution is 1.98. The van der Waals surface area contributed by atoms with Gasteiger partial charge in [0.25, 0.3) is 0 Å². The zero-order valence-corrected chi connectivity index (χ0v) is 4.84. The molecule has 1 rings (SSSR count). The smallest absolute Gasteiger partial charge is 0.245 e. The molecule has 1 heterocycles. The largest absolute Gasteiger partial charge is 0.381 e. The first-order valence-corrected chi connectivity index (χ1v) is 2.59. The van der Waals surface area contributed by atoms with Crippen LogP contribution in [0.4, 0.5) is 0 Å². The fraction of sp³-hybridized carbons (Fsp3) is 0.800. The van der Waals surface area contributed by atoms with Gasteiger partial charge in [0.15, 0.2) is 0 Å². The molecule has 0 aromatic heterocycles. The molecule has 8 heavy (non-hydrogen) atoms. The van der Waals surface area contributed by atoms with Crippen molar-refractivity contribution >= 4 is 6.72 Å². The lowest BCUT2D eigenvalue weighted by Crippen LogP contribution is -1.74. The molecular formula is C5H10N2O. The van der Waals surface area contributed by atoms with Crippen molar-refractivity contribution < 1.29 is 9.53 Å². The molecule has 3 heteroatoms. The maximum atomic E-state index is 7.08. The van der Waals surface area contributed by atoms with Gasteiger partial charge in [0.2, 0.25) is 6.72 Å². The molecule has 46 valence electrons. The molecule has 1 fully saturated rings. The van der Waals surface area contributed by atoms with E-state index in [4.69, 9.17) is 10.3 Å². The van der Waals surface area contributed by atoms with E-state index < -0.39 is 0 Å². The zero-order chi connectivity index (χ0) is 6.24. The standard InChI is InChI=1S/C4H8O.CH2N2/c1-2-4-5-3-1;1-3-2/h1-4H2;1H2. The van der Waals surface area contributed by atoms with Crippen LogP contribution in [0.1, 0.15) is 12.8 Å². The van der Waals surface area contributed by atoms with Crippen LogP contribution in [0, 0.1) is 0 Å². The molecule has 1 aliphatic heterocycles. The normalized spacial score (nSPS) is 16.0. The predicted octanol–water partition coefficient (Wildman–Crippen LogP) is 0.714. The van der Waals surface area contributed by atoms with Crippen molar-refractivity contribution in [1.82, 2.24) is 0 Å². The van der Waals surface area contributed by atoms with Gasteiger partial charge in [0, 0.05) is 13.2 Å². The number of hydrogen-bond donors (Lipinski definition) is 0. The van der Waals surface area contributed by atoms with E-state index in [1.807, 2.05) is 0 Å². The van der Waals surface area contributed by atoms with Crippen molar-refractivity contribution in [3.05, 3.63) is 5.53 Å². The maximum Gasteiger partial charge on any atom is 0.245 e. The van der Waals surface area contributed by atoms with E-state index in [0.717, 1.165) is 13.2 Å². The topological polar surface area (TPSA) is 45.6 Å². The van der Waals surface area contributed by atoms with E-state index in [1.165, 1.54) is 12.8 Å². The Labute approximate surface area is 48.9 Å². The quantitative estimate of drug-likeness (QED) is 0.260. The molecule has 1 saturated heterocycles. The first-order chi connectivity index (χ1) is 3.91. The lowest BCUT2D eigenvalue weighted by atomic mass is 10.4. The van der Waals surface area contributed by atoms with Crippen molar-refractivity contribution in [3.8, 4) is 0 Å². The second-order valence-electron chi connectivity index (χ2n) is 1.46. The van der Waals surface area contributed by atoms with Gasteiger partial charge in [-0.1, -0.05) is 0 Å². The summed E-state index contributed by atoms with van der Waals surface area (Å²) in [6.07, 6.45) is 2.56. The molecule has 0 saturated carbocycles. The zero-order valence-electron chi connectivity index (χ0n) is 4.84. The molecule has 0 bridgehead atoms. The first-order valence-electron chi connectivity index (χ1n) is 2.59. The van der Waals surface area contributed by atoms with E-state index in [-0.39, 0.29) is 0 Å². The van der Waals surface area contributed by atoms with Gasteiger partial charge in [-0.2, -0.15) is 4.79 Å². The molecule has 0 amide bonds. The molecule has 0 aromatic rings. The highest BCUT2D eigenvalue weighted by molar-refractivity contribution is 5.12. The third kappa shape index (κ3) is 5.34. The Bertz CT molecular complexity index is 64.9. The monoisotopic (exact) mass is 114 g/mol. The van der Waals surface area contributed by atoms with Gasteiger partial charge in [0.05, 0.1) is 0 Å². The van der Waals surface area contributed by atoms with Crippen LogP contribution in [-0.2, 0) is 4.74 Å². The van der Waals surface area contributed by atoms with Gasteiger partial charge in [-0.25, -0.2) is 0 Å². The fourth-order valence-corrected chi connectivity index (χ4v) is 0.510. The van der Waals surface area contributed by atoms with Gasteiger partial charge >= 0.3 is 0 Å². The van der Waals surface area contributed by atoms with E-state index in [1.54, 1.807) is 0 Å². The van der Waals surface area contributed by atoms with E-state index in [0.29, 0.717) is 0 Å². The Balaban J connectivity index is 0.000000145. The molecule has 0 aromatic carbocycles. The van der Waals surface area contributed by atoms with E-state index in [2.05, 4.69) is 11.5 Å². The van der Waals surface area contributed by atoms with E-state index >= 15 is 0 Å². The third-order valence-corrected chi connectivity index (χ3v) is 0.827. The van der Waals surface area contributed by atoms with Gasteiger partial charge in [0.1, 0.15) is 0 Å². The summed E-state index contributed by atoms with van der Waals surface area (Å²) in [5.74, 6) is 0. The lowest BCUT2D eigenvalue weighted by molar-refractivity contribution is 0.0110. The van der Waals surface area contributed by atoms with Crippen LogP contribution in [0.3, 0.4) is 0 Å². The van der Waals surface area contributed by atoms with Crippen molar-refractivity contribution in [3.63, 3.8) is 0 Å². The summed E-state index contributed by atoms with van der Waals surface area (Å²) in [6.45, 7) is 4.67. The summed E-state index contributed by atoms with van der Waals surface area (Å²) in [6, 6.07) is 0. The Kier molecular flexibility index (Phi) is 5.82. The second kappa shape index (κ2) is 6.34. The average molecular weight is 114 g/mol. The molecule has 0 unspecified atom stereocenters. The molecule has 0 aliphatic carbocycles. The minimum atomic E-state index is 1.00.